The average molecular weight is 598 g/mol. The summed E-state index contributed by atoms with van der Waals surface area (Å²) < 4.78 is 72.6. The van der Waals surface area contributed by atoms with Gasteiger partial charge in [-0.1, -0.05) is 35.5 Å². The van der Waals surface area contributed by atoms with Gasteiger partial charge in [-0.3, -0.25) is 9.58 Å². The highest BCUT2D eigenvalue weighted by atomic mass is 32.2. The number of piperidine rings is 1. The standard InChI is InChI=1S/C29H26F3N5O4S/c1-42(38,39)23-14-8-19(9-15-23)17-36-16-4-5-21(18-36)37-25-7-3-2-6-24(25)26(34-37)28-33-27(35-41-28)20-10-12-22(13-11-20)40-29(30,31)32/h2-3,6-15,21H,4-5,16-18H2,1H3. The van der Waals surface area contributed by atoms with Crippen molar-refractivity contribution >= 4 is 20.7 Å². The quantitative estimate of drug-likeness (QED) is 0.229. The van der Waals surface area contributed by atoms with Gasteiger partial charge < -0.3 is 9.26 Å². The molecule has 0 N–H and O–H groups in total. The molecule has 1 atom stereocenters. The van der Waals surface area contributed by atoms with Crippen molar-refractivity contribution in [1.29, 1.82) is 0 Å². The molecular formula is C29H26F3N5O4S. The second-order valence-corrected chi connectivity index (χ2v) is 12.3. The van der Waals surface area contributed by atoms with Crippen molar-refractivity contribution in [3.05, 3.63) is 78.4 Å². The van der Waals surface area contributed by atoms with Crippen LogP contribution in [0.3, 0.4) is 0 Å². The van der Waals surface area contributed by atoms with E-state index in [0.717, 1.165) is 42.4 Å². The first-order valence-electron chi connectivity index (χ1n) is 13.2. The van der Waals surface area contributed by atoms with Gasteiger partial charge in [0.2, 0.25) is 5.82 Å². The lowest BCUT2D eigenvalue weighted by Crippen LogP contribution is -2.36. The molecule has 1 aliphatic rings. The van der Waals surface area contributed by atoms with Gasteiger partial charge in [-0.05, 0) is 67.4 Å². The number of halogens is 3. The summed E-state index contributed by atoms with van der Waals surface area (Å²) in [6.07, 6.45) is -1.69. The maximum absolute atomic E-state index is 12.5. The first-order valence-corrected chi connectivity index (χ1v) is 15.1. The van der Waals surface area contributed by atoms with E-state index in [1.807, 2.05) is 41.1 Å². The van der Waals surface area contributed by atoms with Crippen LogP contribution in [0.25, 0.3) is 33.9 Å². The Bertz CT molecular complexity index is 1820. The molecule has 1 aliphatic heterocycles. The van der Waals surface area contributed by atoms with Crippen LogP contribution >= 0.6 is 0 Å². The van der Waals surface area contributed by atoms with E-state index in [2.05, 4.69) is 19.8 Å². The summed E-state index contributed by atoms with van der Waals surface area (Å²) in [7, 11) is -3.25. The Morgan fingerprint density at radius 3 is 2.48 bits per heavy atom. The fraction of sp³-hybridized carbons (Fsp3) is 0.276. The molecule has 0 radical (unpaired) electrons. The monoisotopic (exact) mass is 597 g/mol. The first-order chi connectivity index (χ1) is 20.0. The number of hydrogen-bond acceptors (Lipinski definition) is 8. The van der Waals surface area contributed by atoms with Gasteiger partial charge in [0, 0.05) is 30.3 Å². The highest BCUT2D eigenvalue weighted by Crippen LogP contribution is 2.33. The van der Waals surface area contributed by atoms with E-state index in [9.17, 15) is 21.6 Å². The van der Waals surface area contributed by atoms with E-state index in [-0.39, 0.29) is 23.5 Å². The van der Waals surface area contributed by atoms with Crippen molar-refractivity contribution in [3.8, 4) is 28.7 Å². The molecule has 218 valence electrons. The van der Waals surface area contributed by atoms with E-state index in [0.29, 0.717) is 22.7 Å². The molecule has 0 amide bonds. The van der Waals surface area contributed by atoms with Crippen molar-refractivity contribution in [2.45, 2.75) is 36.7 Å². The Labute approximate surface area is 239 Å². The largest absolute Gasteiger partial charge is 0.573 e. The number of hydrogen-bond donors (Lipinski definition) is 0. The van der Waals surface area contributed by atoms with E-state index in [1.54, 1.807) is 12.1 Å². The number of aromatic nitrogens is 4. The van der Waals surface area contributed by atoms with Crippen molar-refractivity contribution in [3.63, 3.8) is 0 Å². The zero-order valence-corrected chi connectivity index (χ0v) is 23.3. The van der Waals surface area contributed by atoms with Crippen LogP contribution in [0.2, 0.25) is 0 Å². The Kier molecular flexibility index (Phi) is 7.23. The molecule has 3 heterocycles. The van der Waals surface area contributed by atoms with Crippen molar-refractivity contribution in [2.75, 3.05) is 19.3 Å². The summed E-state index contributed by atoms with van der Waals surface area (Å²) in [5.41, 5.74) is 2.95. The summed E-state index contributed by atoms with van der Waals surface area (Å²) >= 11 is 0. The van der Waals surface area contributed by atoms with E-state index in [4.69, 9.17) is 9.62 Å². The third-order valence-electron chi connectivity index (χ3n) is 7.17. The number of benzene rings is 3. The molecule has 1 fully saturated rings. The Morgan fingerprint density at radius 2 is 1.76 bits per heavy atom. The zero-order chi connectivity index (χ0) is 29.5. The molecule has 5 aromatic rings. The van der Waals surface area contributed by atoms with Crippen molar-refractivity contribution in [1.82, 2.24) is 24.8 Å². The van der Waals surface area contributed by atoms with Crippen molar-refractivity contribution in [2.24, 2.45) is 0 Å². The number of alkyl halides is 3. The van der Waals surface area contributed by atoms with Gasteiger partial charge in [0.1, 0.15) is 5.75 Å². The fourth-order valence-corrected chi connectivity index (χ4v) is 5.87. The van der Waals surface area contributed by atoms with Gasteiger partial charge in [0.25, 0.3) is 5.89 Å². The van der Waals surface area contributed by atoms with Crippen LogP contribution in [0.4, 0.5) is 13.2 Å². The van der Waals surface area contributed by atoms with E-state index < -0.39 is 16.2 Å². The Morgan fingerprint density at radius 1 is 1.02 bits per heavy atom. The zero-order valence-electron chi connectivity index (χ0n) is 22.5. The number of fused-ring (bicyclic) bond motifs is 1. The fourth-order valence-electron chi connectivity index (χ4n) is 5.24. The Hall–Kier alpha value is -4.23. The minimum Gasteiger partial charge on any atom is -0.406 e. The number of nitrogens with zero attached hydrogens (tertiary/aromatic N) is 5. The third kappa shape index (κ3) is 6.02. The van der Waals surface area contributed by atoms with Crippen LogP contribution in [-0.4, -0.2) is 58.9 Å². The van der Waals surface area contributed by atoms with Crippen LogP contribution in [0.5, 0.6) is 5.75 Å². The first kappa shape index (κ1) is 27.9. The molecule has 0 saturated carbocycles. The summed E-state index contributed by atoms with van der Waals surface area (Å²) in [6, 6.07) is 20.1. The second kappa shape index (κ2) is 10.9. The van der Waals surface area contributed by atoms with Crippen LogP contribution in [0, 0.1) is 0 Å². The molecule has 1 unspecified atom stereocenters. The minimum atomic E-state index is -4.78. The summed E-state index contributed by atoms with van der Waals surface area (Å²) in [5.74, 6) is 0.0780. The molecule has 0 aliphatic carbocycles. The van der Waals surface area contributed by atoms with Crippen molar-refractivity contribution < 1.29 is 30.8 Å². The number of para-hydroxylation sites is 1. The molecule has 6 rings (SSSR count). The van der Waals surface area contributed by atoms with Gasteiger partial charge in [-0.15, -0.1) is 13.2 Å². The number of sulfone groups is 1. The van der Waals surface area contributed by atoms with Crippen LogP contribution in [0.15, 0.2) is 82.2 Å². The third-order valence-corrected chi connectivity index (χ3v) is 8.30. The van der Waals surface area contributed by atoms with E-state index in [1.165, 1.54) is 30.5 Å². The molecule has 1 saturated heterocycles. The number of ether oxygens (including phenoxy) is 1. The van der Waals surface area contributed by atoms with Crippen LogP contribution < -0.4 is 4.74 Å². The topological polar surface area (TPSA) is 103 Å². The predicted octanol–water partition coefficient (Wildman–Crippen LogP) is 5.89. The van der Waals surface area contributed by atoms with Gasteiger partial charge in [0.15, 0.2) is 15.5 Å². The molecule has 0 spiro atoms. The number of rotatable bonds is 7. The lowest BCUT2D eigenvalue weighted by molar-refractivity contribution is -0.274. The van der Waals surface area contributed by atoms with Gasteiger partial charge in [0.05, 0.1) is 16.5 Å². The van der Waals surface area contributed by atoms with Gasteiger partial charge >= 0.3 is 6.36 Å². The van der Waals surface area contributed by atoms with Gasteiger partial charge in [-0.2, -0.15) is 10.1 Å². The predicted molar refractivity (Wildman–Crippen MR) is 148 cm³/mol. The lowest BCUT2D eigenvalue weighted by atomic mass is 10.0. The summed E-state index contributed by atoms with van der Waals surface area (Å²) in [4.78, 5) is 7.12. The van der Waals surface area contributed by atoms with Crippen LogP contribution in [0.1, 0.15) is 24.4 Å². The smallest absolute Gasteiger partial charge is 0.406 e. The second-order valence-electron chi connectivity index (χ2n) is 10.3. The molecule has 2 aromatic heterocycles. The molecule has 3 aromatic carbocycles. The maximum atomic E-state index is 12.5. The molecule has 42 heavy (non-hydrogen) atoms. The molecule has 0 bridgehead atoms. The summed E-state index contributed by atoms with van der Waals surface area (Å²) in [5, 5.41) is 9.78. The minimum absolute atomic E-state index is 0.0799. The highest BCUT2D eigenvalue weighted by molar-refractivity contribution is 7.90. The normalized spacial score (nSPS) is 16.6. The number of likely N-dealkylation sites (tertiary alicyclic amines) is 1. The SMILES string of the molecule is CS(=O)(=O)c1ccc(CN2CCCC(n3nc(-c4nc(-c5ccc(OC(F)(F)F)cc5)no4)c4ccccc43)C2)cc1. The highest BCUT2D eigenvalue weighted by Gasteiger charge is 2.31. The maximum Gasteiger partial charge on any atom is 0.573 e. The van der Waals surface area contributed by atoms with Crippen LogP contribution in [-0.2, 0) is 16.4 Å². The summed E-state index contributed by atoms with van der Waals surface area (Å²) in [6.45, 7) is 2.35. The lowest BCUT2D eigenvalue weighted by Gasteiger charge is -2.33. The molecule has 13 heteroatoms. The van der Waals surface area contributed by atoms with E-state index >= 15 is 0 Å². The molecule has 9 nitrogen and oxygen atoms in total. The average Bonchev–Trinajstić information content (AvgIpc) is 3.58. The Balaban J connectivity index is 1.23. The molecular weight excluding hydrogens is 571 g/mol. The van der Waals surface area contributed by atoms with Gasteiger partial charge in [-0.25, -0.2) is 8.42 Å².